The summed E-state index contributed by atoms with van der Waals surface area (Å²) in [4.78, 5) is 15.3. The number of ether oxygens (including phenoxy) is 1. The van der Waals surface area contributed by atoms with Gasteiger partial charge < -0.3 is 19.0 Å². The molecule has 1 saturated heterocycles. The SMILES string of the molecule is CCOC(=O)c1[nH]c2ccc(Cl)cc2c1C=C(F)B1OC(C)(C)C(C)(C)O1. The molecule has 0 amide bonds. The van der Waals surface area contributed by atoms with E-state index in [2.05, 4.69) is 4.98 Å². The first-order chi connectivity index (χ1) is 12.6. The fourth-order valence-electron chi connectivity index (χ4n) is 2.86. The van der Waals surface area contributed by atoms with Crippen LogP contribution in [0.4, 0.5) is 4.39 Å². The van der Waals surface area contributed by atoms with Crippen molar-refractivity contribution in [1.29, 1.82) is 0 Å². The summed E-state index contributed by atoms with van der Waals surface area (Å²) in [5.41, 5.74) is -0.832. The van der Waals surface area contributed by atoms with Crippen molar-refractivity contribution in [1.82, 2.24) is 4.98 Å². The maximum atomic E-state index is 15.0. The van der Waals surface area contributed by atoms with E-state index < -0.39 is 30.0 Å². The Morgan fingerprint density at radius 3 is 2.52 bits per heavy atom. The summed E-state index contributed by atoms with van der Waals surface area (Å²) in [6.07, 6.45) is 1.24. The largest absolute Gasteiger partial charge is 0.525 e. The number of hydrogen-bond donors (Lipinski definition) is 1. The van der Waals surface area contributed by atoms with Crippen LogP contribution in [-0.2, 0) is 14.0 Å². The minimum atomic E-state index is -1.16. The number of H-pyrrole nitrogens is 1. The van der Waals surface area contributed by atoms with Gasteiger partial charge in [-0.1, -0.05) is 11.6 Å². The summed E-state index contributed by atoms with van der Waals surface area (Å²) in [5, 5.41) is 1.08. The number of nitrogens with one attached hydrogen (secondary N) is 1. The third kappa shape index (κ3) is 3.64. The molecule has 1 aliphatic rings. The molecule has 27 heavy (non-hydrogen) atoms. The zero-order chi connectivity index (χ0) is 20.0. The molecule has 8 heteroatoms. The maximum absolute atomic E-state index is 15.0. The number of rotatable bonds is 4. The molecule has 1 fully saturated rings. The van der Waals surface area contributed by atoms with Crippen molar-refractivity contribution >= 4 is 41.7 Å². The van der Waals surface area contributed by atoms with Crippen molar-refractivity contribution in [3.63, 3.8) is 0 Å². The van der Waals surface area contributed by atoms with Gasteiger partial charge in [-0.2, -0.15) is 0 Å². The fraction of sp³-hybridized carbons (Fsp3) is 0.421. The first-order valence-electron chi connectivity index (χ1n) is 8.77. The van der Waals surface area contributed by atoms with Gasteiger partial charge in [-0.05, 0) is 58.9 Å². The van der Waals surface area contributed by atoms with Crippen LogP contribution in [0, 0.1) is 0 Å². The molecule has 2 heterocycles. The van der Waals surface area contributed by atoms with Crippen LogP contribution in [-0.4, -0.2) is 35.9 Å². The normalized spacial score (nSPS) is 18.9. The lowest BCUT2D eigenvalue weighted by molar-refractivity contribution is 0.00578. The van der Waals surface area contributed by atoms with Crippen molar-refractivity contribution in [3.05, 3.63) is 40.2 Å². The van der Waals surface area contributed by atoms with Crippen LogP contribution >= 0.6 is 11.6 Å². The molecule has 0 aliphatic carbocycles. The van der Waals surface area contributed by atoms with E-state index in [1.807, 2.05) is 27.7 Å². The van der Waals surface area contributed by atoms with Crippen molar-refractivity contribution in [2.45, 2.75) is 45.8 Å². The highest BCUT2D eigenvalue weighted by atomic mass is 35.5. The molecule has 5 nitrogen and oxygen atoms in total. The van der Waals surface area contributed by atoms with E-state index >= 15 is 4.39 Å². The fourth-order valence-corrected chi connectivity index (χ4v) is 3.03. The molecule has 1 N–H and O–H groups in total. The van der Waals surface area contributed by atoms with Gasteiger partial charge in [0.25, 0.3) is 0 Å². The number of halogens is 2. The highest BCUT2D eigenvalue weighted by Gasteiger charge is 2.53. The number of aromatic amines is 1. The van der Waals surface area contributed by atoms with Crippen LogP contribution in [0.5, 0.6) is 0 Å². The van der Waals surface area contributed by atoms with Crippen molar-refractivity contribution in [2.75, 3.05) is 6.61 Å². The third-order valence-electron chi connectivity index (χ3n) is 5.04. The molecule has 1 aliphatic heterocycles. The molecule has 1 aromatic heterocycles. The van der Waals surface area contributed by atoms with E-state index in [4.69, 9.17) is 25.6 Å². The molecule has 3 rings (SSSR count). The molecule has 1 aromatic carbocycles. The topological polar surface area (TPSA) is 60.6 Å². The summed E-state index contributed by atoms with van der Waals surface area (Å²) in [6.45, 7) is 9.28. The van der Waals surface area contributed by atoms with E-state index in [-0.39, 0.29) is 12.3 Å². The third-order valence-corrected chi connectivity index (χ3v) is 5.28. The van der Waals surface area contributed by atoms with E-state index in [1.54, 1.807) is 25.1 Å². The highest BCUT2D eigenvalue weighted by Crippen LogP contribution is 2.39. The van der Waals surface area contributed by atoms with Gasteiger partial charge in [0.05, 0.1) is 17.8 Å². The number of hydrogen-bond acceptors (Lipinski definition) is 4. The smallest absolute Gasteiger partial charge is 0.461 e. The zero-order valence-electron chi connectivity index (χ0n) is 16.0. The lowest BCUT2D eigenvalue weighted by Crippen LogP contribution is -2.41. The Morgan fingerprint density at radius 2 is 1.93 bits per heavy atom. The first-order valence-corrected chi connectivity index (χ1v) is 9.14. The molecule has 144 valence electrons. The van der Waals surface area contributed by atoms with Crippen molar-refractivity contribution < 1.29 is 23.2 Å². The Balaban J connectivity index is 2.07. The van der Waals surface area contributed by atoms with Gasteiger partial charge >= 0.3 is 13.1 Å². The monoisotopic (exact) mass is 393 g/mol. The Bertz CT molecular complexity index is 906. The molecule has 0 atom stereocenters. The summed E-state index contributed by atoms with van der Waals surface area (Å²) >= 11 is 6.09. The zero-order valence-corrected chi connectivity index (χ0v) is 16.7. The molecule has 0 saturated carbocycles. The van der Waals surface area contributed by atoms with Gasteiger partial charge in [0.2, 0.25) is 0 Å². The van der Waals surface area contributed by atoms with E-state index in [0.29, 0.717) is 21.5 Å². The number of fused-ring (bicyclic) bond motifs is 1. The number of esters is 1. The summed E-state index contributed by atoms with van der Waals surface area (Å²) in [6, 6.07) is 5.08. The van der Waals surface area contributed by atoms with Gasteiger partial charge in [0.1, 0.15) is 11.4 Å². The summed E-state index contributed by atoms with van der Waals surface area (Å²) in [7, 11) is -1.16. The predicted octanol–water partition coefficient (Wildman–Crippen LogP) is 4.94. The second-order valence-corrected chi connectivity index (χ2v) is 7.88. The van der Waals surface area contributed by atoms with Crippen LogP contribution in [0.2, 0.25) is 5.02 Å². The summed E-state index contributed by atoms with van der Waals surface area (Å²) in [5.74, 6) is -0.571. The number of carbonyl (C=O) groups excluding carboxylic acids is 1. The number of aromatic nitrogens is 1. The quantitative estimate of drug-likeness (QED) is 0.590. The Morgan fingerprint density at radius 1 is 1.30 bits per heavy atom. The van der Waals surface area contributed by atoms with Gasteiger partial charge in [0.15, 0.2) is 0 Å². The molecule has 0 bridgehead atoms. The first kappa shape index (κ1) is 19.9. The lowest BCUT2D eigenvalue weighted by atomic mass is 9.86. The second-order valence-electron chi connectivity index (χ2n) is 7.44. The van der Waals surface area contributed by atoms with Crippen LogP contribution in [0.1, 0.15) is 50.7 Å². The maximum Gasteiger partial charge on any atom is 0.525 e. The summed E-state index contributed by atoms with van der Waals surface area (Å²) < 4.78 is 31.6. The van der Waals surface area contributed by atoms with Crippen molar-refractivity contribution in [3.8, 4) is 0 Å². The highest BCUT2D eigenvalue weighted by molar-refractivity contribution is 6.54. The minimum absolute atomic E-state index is 0.154. The Labute approximate surface area is 163 Å². The molecular weight excluding hydrogens is 371 g/mol. The average molecular weight is 394 g/mol. The van der Waals surface area contributed by atoms with Gasteiger partial charge in [0, 0.05) is 21.5 Å². The van der Waals surface area contributed by atoms with E-state index in [1.165, 1.54) is 6.08 Å². The Hall–Kier alpha value is -1.83. The average Bonchev–Trinajstić information content (AvgIpc) is 3.02. The minimum Gasteiger partial charge on any atom is -0.461 e. The molecule has 2 aromatic rings. The second kappa shape index (κ2) is 6.97. The number of benzene rings is 1. The predicted molar refractivity (Wildman–Crippen MR) is 104 cm³/mol. The molecule has 0 radical (unpaired) electrons. The van der Waals surface area contributed by atoms with Crippen LogP contribution in [0.25, 0.3) is 17.0 Å². The Kier molecular flexibility index (Phi) is 5.14. The van der Waals surface area contributed by atoms with Crippen LogP contribution in [0.15, 0.2) is 23.9 Å². The molecular formula is C19H22BClFNO4. The lowest BCUT2D eigenvalue weighted by Gasteiger charge is -2.32. The standard InChI is InChI=1S/C19H22BClFNO4/c1-6-25-17(24)16-13(12-9-11(21)7-8-14(12)23-16)10-15(22)20-26-18(2,3)19(4,5)27-20/h7-10,23H,6H2,1-5H3. The van der Waals surface area contributed by atoms with Crippen molar-refractivity contribution in [2.24, 2.45) is 0 Å². The number of carbonyl (C=O) groups is 1. The molecule has 0 spiro atoms. The van der Waals surface area contributed by atoms with E-state index in [0.717, 1.165) is 0 Å². The van der Waals surface area contributed by atoms with Crippen LogP contribution < -0.4 is 0 Å². The van der Waals surface area contributed by atoms with Gasteiger partial charge in [-0.15, -0.1) is 0 Å². The van der Waals surface area contributed by atoms with Gasteiger partial charge in [-0.3, -0.25) is 0 Å². The van der Waals surface area contributed by atoms with E-state index in [9.17, 15) is 4.79 Å². The molecule has 0 unspecified atom stereocenters. The van der Waals surface area contributed by atoms with Crippen LogP contribution in [0.3, 0.4) is 0 Å². The van der Waals surface area contributed by atoms with Gasteiger partial charge in [-0.25, -0.2) is 9.18 Å².